The van der Waals surface area contributed by atoms with E-state index in [4.69, 9.17) is 0 Å². The molecule has 0 saturated carbocycles. The molecule has 1 heterocycles. The molecule has 5 nitrogen and oxygen atoms in total. The molecule has 2 unspecified atom stereocenters. The molecule has 20 heavy (non-hydrogen) atoms. The van der Waals surface area contributed by atoms with Gasteiger partial charge in [-0.3, -0.25) is 4.90 Å². The van der Waals surface area contributed by atoms with Gasteiger partial charge in [-0.05, 0) is 38.4 Å². The highest BCUT2D eigenvalue weighted by Gasteiger charge is 2.25. The van der Waals surface area contributed by atoms with Crippen LogP contribution in [0.5, 0.6) is 11.5 Å². The van der Waals surface area contributed by atoms with Crippen molar-refractivity contribution in [1.29, 1.82) is 0 Å². The van der Waals surface area contributed by atoms with Crippen molar-refractivity contribution in [2.75, 3.05) is 26.2 Å². The van der Waals surface area contributed by atoms with Gasteiger partial charge >= 0.3 is 0 Å². The monoisotopic (exact) mass is 280 g/mol. The average Bonchev–Trinajstić information content (AvgIpc) is 2.91. The first kappa shape index (κ1) is 15.1. The Kier molecular flexibility index (Phi) is 5.23. The zero-order chi connectivity index (χ0) is 14.5. The van der Waals surface area contributed by atoms with E-state index in [2.05, 4.69) is 10.2 Å². The van der Waals surface area contributed by atoms with E-state index >= 15 is 0 Å². The van der Waals surface area contributed by atoms with Crippen molar-refractivity contribution in [3.05, 3.63) is 23.8 Å². The molecule has 4 N–H and O–H groups in total. The zero-order valence-electron chi connectivity index (χ0n) is 11.9. The number of phenolic OH excluding ortho intramolecular Hbond substituents is 2. The summed E-state index contributed by atoms with van der Waals surface area (Å²) < 4.78 is 0. The minimum atomic E-state index is -0.147. The smallest absolute Gasteiger partial charge is 0.124 e. The highest BCUT2D eigenvalue weighted by molar-refractivity contribution is 5.45. The van der Waals surface area contributed by atoms with Gasteiger partial charge in [0.2, 0.25) is 0 Å². The van der Waals surface area contributed by atoms with Crippen LogP contribution in [0, 0.1) is 0 Å². The molecule has 0 aliphatic carbocycles. The summed E-state index contributed by atoms with van der Waals surface area (Å²) in [4.78, 5) is 2.10. The molecule has 1 aliphatic heterocycles. The van der Waals surface area contributed by atoms with Crippen LogP contribution in [0.4, 0.5) is 0 Å². The number of benzene rings is 1. The number of nitrogens with zero attached hydrogens (tertiary/aromatic N) is 1. The molecule has 0 bridgehead atoms. The Balaban J connectivity index is 2.14. The lowest BCUT2D eigenvalue weighted by atomic mass is 10.0. The second kappa shape index (κ2) is 6.92. The van der Waals surface area contributed by atoms with E-state index in [0.29, 0.717) is 18.2 Å². The summed E-state index contributed by atoms with van der Waals surface area (Å²) in [6.07, 6.45) is 2.30. The van der Waals surface area contributed by atoms with E-state index in [0.717, 1.165) is 19.5 Å². The zero-order valence-corrected chi connectivity index (χ0v) is 11.9. The van der Waals surface area contributed by atoms with E-state index < -0.39 is 0 Å². The van der Waals surface area contributed by atoms with Crippen LogP contribution in [-0.4, -0.2) is 52.5 Å². The molecule has 112 valence electrons. The third kappa shape index (κ3) is 3.42. The summed E-state index contributed by atoms with van der Waals surface area (Å²) in [5, 5.41) is 32.6. The molecule has 1 saturated heterocycles. The molecule has 1 aromatic carbocycles. The van der Waals surface area contributed by atoms with E-state index in [1.807, 2.05) is 6.92 Å². The summed E-state index contributed by atoms with van der Waals surface area (Å²) in [5.74, 6) is 0.194. The van der Waals surface area contributed by atoms with Gasteiger partial charge in [0.15, 0.2) is 0 Å². The average molecular weight is 280 g/mol. The van der Waals surface area contributed by atoms with Gasteiger partial charge in [0.25, 0.3) is 0 Å². The highest BCUT2D eigenvalue weighted by Crippen LogP contribution is 2.35. The van der Waals surface area contributed by atoms with E-state index in [-0.39, 0.29) is 24.1 Å². The number of aliphatic hydroxyl groups is 1. The fourth-order valence-electron chi connectivity index (χ4n) is 2.92. The summed E-state index contributed by atoms with van der Waals surface area (Å²) >= 11 is 0. The number of phenols is 2. The summed E-state index contributed by atoms with van der Waals surface area (Å²) in [5.41, 5.74) is 0.527. The van der Waals surface area contributed by atoms with Crippen molar-refractivity contribution < 1.29 is 15.3 Å². The Labute approximate surface area is 119 Å². The largest absolute Gasteiger partial charge is 0.507 e. The molecule has 0 radical (unpaired) electrons. The van der Waals surface area contributed by atoms with Crippen LogP contribution >= 0.6 is 0 Å². The minimum Gasteiger partial charge on any atom is -0.507 e. The first-order chi connectivity index (χ1) is 9.63. The van der Waals surface area contributed by atoms with Crippen molar-refractivity contribution in [3.63, 3.8) is 0 Å². The van der Waals surface area contributed by atoms with Gasteiger partial charge in [-0.2, -0.15) is 0 Å². The fourth-order valence-corrected chi connectivity index (χ4v) is 2.92. The molecular weight excluding hydrogens is 256 g/mol. The van der Waals surface area contributed by atoms with E-state index in [1.54, 1.807) is 18.2 Å². The molecule has 1 aliphatic rings. The maximum absolute atomic E-state index is 9.97. The number of nitrogens with one attached hydrogen (secondary N) is 1. The van der Waals surface area contributed by atoms with Crippen LogP contribution < -0.4 is 5.32 Å². The van der Waals surface area contributed by atoms with Gasteiger partial charge in [0.1, 0.15) is 11.5 Å². The summed E-state index contributed by atoms with van der Waals surface area (Å²) in [6, 6.07) is 5.05. The van der Waals surface area contributed by atoms with E-state index in [1.165, 1.54) is 6.42 Å². The molecule has 1 aromatic rings. The van der Waals surface area contributed by atoms with E-state index in [9.17, 15) is 15.3 Å². The van der Waals surface area contributed by atoms with Gasteiger partial charge < -0.3 is 20.6 Å². The number of rotatable bonds is 6. The topological polar surface area (TPSA) is 76.0 Å². The number of aromatic hydroxyl groups is 2. The SMILES string of the molecule is CC(c1c(O)cccc1O)N(CCO)CC1CCCN1. The maximum Gasteiger partial charge on any atom is 0.124 e. The van der Waals surface area contributed by atoms with Crippen LogP contribution in [0.1, 0.15) is 31.4 Å². The van der Waals surface area contributed by atoms with Crippen LogP contribution in [0.3, 0.4) is 0 Å². The Morgan fingerprint density at radius 3 is 2.60 bits per heavy atom. The number of hydrogen-bond acceptors (Lipinski definition) is 5. The van der Waals surface area contributed by atoms with Gasteiger partial charge in [-0.25, -0.2) is 0 Å². The van der Waals surface area contributed by atoms with Crippen LogP contribution in [0.15, 0.2) is 18.2 Å². The lowest BCUT2D eigenvalue weighted by Gasteiger charge is -2.31. The Hall–Kier alpha value is -1.30. The highest BCUT2D eigenvalue weighted by atomic mass is 16.3. The van der Waals surface area contributed by atoms with Crippen LogP contribution in [-0.2, 0) is 0 Å². The number of aliphatic hydroxyl groups excluding tert-OH is 1. The van der Waals surface area contributed by atoms with Crippen molar-refractivity contribution in [2.45, 2.75) is 31.8 Å². The Bertz CT molecular complexity index is 413. The lowest BCUT2D eigenvalue weighted by molar-refractivity contribution is 0.144. The predicted molar refractivity (Wildman–Crippen MR) is 77.9 cm³/mol. The lowest BCUT2D eigenvalue weighted by Crippen LogP contribution is -2.40. The third-order valence-corrected chi connectivity index (χ3v) is 4.03. The Morgan fingerprint density at radius 1 is 1.35 bits per heavy atom. The molecule has 2 atom stereocenters. The summed E-state index contributed by atoms with van der Waals surface area (Å²) in [7, 11) is 0. The fraction of sp³-hybridized carbons (Fsp3) is 0.600. The molecule has 1 fully saturated rings. The van der Waals surface area contributed by atoms with Crippen LogP contribution in [0.25, 0.3) is 0 Å². The van der Waals surface area contributed by atoms with Crippen molar-refractivity contribution in [3.8, 4) is 11.5 Å². The first-order valence-electron chi connectivity index (χ1n) is 7.22. The second-order valence-electron chi connectivity index (χ2n) is 5.40. The summed E-state index contributed by atoms with van der Waals surface area (Å²) in [6.45, 7) is 4.36. The van der Waals surface area contributed by atoms with Crippen molar-refractivity contribution in [1.82, 2.24) is 10.2 Å². The maximum atomic E-state index is 9.97. The van der Waals surface area contributed by atoms with Crippen molar-refractivity contribution >= 4 is 0 Å². The number of hydrogen-bond donors (Lipinski definition) is 4. The van der Waals surface area contributed by atoms with Gasteiger partial charge in [-0.15, -0.1) is 0 Å². The van der Waals surface area contributed by atoms with Crippen LogP contribution in [0.2, 0.25) is 0 Å². The second-order valence-corrected chi connectivity index (χ2v) is 5.40. The predicted octanol–water partition coefficient (Wildman–Crippen LogP) is 1.21. The van der Waals surface area contributed by atoms with Gasteiger partial charge in [0, 0.05) is 25.2 Å². The van der Waals surface area contributed by atoms with Gasteiger partial charge in [0.05, 0.1) is 12.2 Å². The Morgan fingerprint density at radius 2 is 2.05 bits per heavy atom. The molecule has 2 rings (SSSR count). The third-order valence-electron chi connectivity index (χ3n) is 4.03. The molecule has 0 amide bonds. The normalized spacial score (nSPS) is 20.4. The minimum absolute atomic E-state index is 0.0609. The molecular formula is C15H24N2O3. The molecule has 5 heteroatoms. The molecule has 0 aromatic heterocycles. The first-order valence-corrected chi connectivity index (χ1v) is 7.22. The standard InChI is InChI=1S/C15H24N2O3/c1-11(15-13(19)5-2-6-14(15)20)17(8-9-18)10-12-4-3-7-16-12/h2,5-6,11-12,16,18-20H,3-4,7-10H2,1H3. The van der Waals surface area contributed by atoms with Gasteiger partial charge in [-0.1, -0.05) is 6.07 Å². The quantitative estimate of drug-likeness (QED) is 0.630. The van der Waals surface area contributed by atoms with Crippen molar-refractivity contribution in [2.24, 2.45) is 0 Å². The molecule has 0 spiro atoms.